The third-order valence-electron chi connectivity index (χ3n) is 12.0. The molecule has 0 unspecified atom stereocenters. The Morgan fingerprint density at radius 1 is 0.322 bits per heavy atom. The third-order valence-corrected chi connectivity index (χ3v) is 12.0. The maximum Gasteiger partial charge on any atom is 0.306 e. The lowest BCUT2D eigenvalue weighted by molar-refractivity contribution is -0.167. The fourth-order valence-corrected chi connectivity index (χ4v) is 8.04. The van der Waals surface area contributed by atoms with Crippen LogP contribution in [0.3, 0.4) is 0 Å². The van der Waals surface area contributed by atoms with E-state index in [9.17, 15) is 14.4 Å². The zero-order valence-electron chi connectivity index (χ0n) is 40.2. The molecule has 59 heavy (non-hydrogen) atoms. The van der Waals surface area contributed by atoms with E-state index in [0.717, 1.165) is 63.7 Å². The molecule has 0 aliphatic rings. The summed E-state index contributed by atoms with van der Waals surface area (Å²) < 4.78 is 16.8. The van der Waals surface area contributed by atoms with Gasteiger partial charge in [0.2, 0.25) is 0 Å². The predicted molar refractivity (Wildman–Crippen MR) is 252 cm³/mol. The number of esters is 3. The predicted octanol–water partition coefficient (Wildman–Crippen LogP) is 17.1. The summed E-state index contributed by atoms with van der Waals surface area (Å²) in [4.78, 5) is 37.8. The second-order valence-electron chi connectivity index (χ2n) is 18.6. The zero-order chi connectivity index (χ0) is 43.1. The third kappa shape index (κ3) is 47.3. The molecule has 0 aliphatic heterocycles. The van der Waals surface area contributed by atoms with E-state index >= 15 is 0 Å². The van der Waals surface area contributed by atoms with Gasteiger partial charge in [-0.25, -0.2) is 0 Å². The molecule has 0 N–H and O–H groups in total. The number of hydrogen-bond acceptors (Lipinski definition) is 6. The first kappa shape index (κ1) is 57.4. The first-order valence-electron chi connectivity index (χ1n) is 26.4. The molecule has 0 radical (unpaired) electrons. The number of hydrogen-bond donors (Lipinski definition) is 0. The molecule has 350 valence electrons. The highest BCUT2D eigenvalue weighted by Gasteiger charge is 2.19. The van der Waals surface area contributed by atoms with Crippen molar-refractivity contribution in [2.24, 2.45) is 5.92 Å². The lowest BCUT2D eigenvalue weighted by atomic mass is 10.0. The minimum absolute atomic E-state index is 0.0629. The quantitative estimate of drug-likeness (QED) is 0.0345. The number of unbranched alkanes of at least 4 members (excludes halogenated alkanes) is 35. The summed E-state index contributed by atoms with van der Waals surface area (Å²) in [7, 11) is 0. The molecule has 0 spiro atoms. The highest BCUT2D eigenvalue weighted by Crippen LogP contribution is 2.17. The normalized spacial score (nSPS) is 11.9. The smallest absolute Gasteiger partial charge is 0.306 e. The minimum atomic E-state index is -0.759. The van der Waals surface area contributed by atoms with Crippen molar-refractivity contribution in [3.8, 4) is 0 Å². The van der Waals surface area contributed by atoms with Gasteiger partial charge in [0.25, 0.3) is 0 Å². The highest BCUT2D eigenvalue weighted by atomic mass is 16.6. The minimum Gasteiger partial charge on any atom is -0.462 e. The van der Waals surface area contributed by atoms with Crippen LogP contribution in [0.1, 0.15) is 297 Å². The van der Waals surface area contributed by atoms with E-state index < -0.39 is 6.10 Å². The van der Waals surface area contributed by atoms with Gasteiger partial charge in [0.15, 0.2) is 6.10 Å². The lowest BCUT2D eigenvalue weighted by Crippen LogP contribution is -2.30. The van der Waals surface area contributed by atoms with Crippen LogP contribution < -0.4 is 0 Å². The van der Waals surface area contributed by atoms with Crippen LogP contribution in [0.4, 0.5) is 0 Å². The summed E-state index contributed by atoms with van der Waals surface area (Å²) in [6, 6.07) is 0. The van der Waals surface area contributed by atoms with Crippen molar-refractivity contribution in [1.29, 1.82) is 0 Å². The van der Waals surface area contributed by atoms with Crippen molar-refractivity contribution < 1.29 is 28.6 Å². The van der Waals surface area contributed by atoms with E-state index in [1.165, 1.54) is 193 Å². The molecule has 0 bridgehead atoms. The zero-order valence-corrected chi connectivity index (χ0v) is 40.2. The summed E-state index contributed by atoms with van der Waals surface area (Å²) in [5.41, 5.74) is 0. The van der Waals surface area contributed by atoms with Gasteiger partial charge in [-0.15, -0.1) is 0 Å². The first-order valence-corrected chi connectivity index (χ1v) is 26.4. The summed E-state index contributed by atoms with van der Waals surface area (Å²) >= 11 is 0. The molecular formula is C53H102O6. The van der Waals surface area contributed by atoms with Crippen molar-refractivity contribution in [2.75, 3.05) is 13.2 Å². The SMILES string of the molecule is CCCCCCCCCCCCCCCCCC(=O)O[C@@H](COC(=O)CCCCCCCCC)COC(=O)CCCCCCCCCCCCCCCCCCC(C)C. The van der Waals surface area contributed by atoms with Crippen LogP contribution in [0.5, 0.6) is 0 Å². The van der Waals surface area contributed by atoms with Crippen LogP contribution in [0, 0.1) is 5.92 Å². The number of carbonyl (C=O) groups is 3. The van der Waals surface area contributed by atoms with Gasteiger partial charge in [0.1, 0.15) is 13.2 Å². The van der Waals surface area contributed by atoms with Crippen molar-refractivity contribution in [3.63, 3.8) is 0 Å². The van der Waals surface area contributed by atoms with E-state index in [-0.39, 0.29) is 31.1 Å². The molecule has 0 aromatic heterocycles. The molecule has 0 aromatic rings. The Morgan fingerprint density at radius 2 is 0.559 bits per heavy atom. The summed E-state index contributed by atoms with van der Waals surface area (Å²) in [6.07, 6.45) is 49.6. The Morgan fingerprint density at radius 3 is 0.831 bits per heavy atom. The van der Waals surface area contributed by atoms with E-state index in [2.05, 4.69) is 27.7 Å². The summed E-state index contributed by atoms with van der Waals surface area (Å²) in [5, 5.41) is 0. The van der Waals surface area contributed by atoms with Crippen LogP contribution in [0.25, 0.3) is 0 Å². The van der Waals surface area contributed by atoms with Gasteiger partial charge < -0.3 is 14.2 Å². The van der Waals surface area contributed by atoms with Crippen molar-refractivity contribution >= 4 is 17.9 Å². The number of ether oxygens (including phenoxy) is 3. The van der Waals surface area contributed by atoms with Gasteiger partial charge in [-0.1, -0.05) is 259 Å². The molecule has 0 heterocycles. The van der Waals surface area contributed by atoms with Gasteiger partial charge in [0, 0.05) is 19.3 Å². The monoisotopic (exact) mass is 835 g/mol. The average Bonchev–Trinajstić information content (AvgIpc) is 3.22. The van der Waals surface area contributed by atoms with Crippen molar-refractivity contribution in [2.45, 2.75) is 303 Å². The van der Waals surface area contributed by atoms with Gasteiger partial charge in [-0.3, -0.25) is 14.4 Å². The molecule has 0 saturated heterocycles. The molecule has 0 aliphatic carbocycles. The van der Waals surface area contributed by atoms with E-state index in [4.69, 9.17) is 14.2 Å². The van der Waals surface area contributed by atoms with Crippen molar-refractivity contribution in [1.82, 2.24) is 0 Å². The Hall–Kier alpha value is -1.59. The first-order chi connectivity index (χ1) is 28.9. The molecule has 6 heteroatoms. The average molecular weight is 835 g/mol. The molecule has 0 rings (SSSR count). The molecular weight excluding hydrogens is 733 g/mol. The van der Waals surface area contributed by atoms with Crippen LogP contribution in [0.15, 0.2) is 0 Å². The van der Waals surface area contributed by atoms with E-state index in [1.54, 1.807) is 0 Å². The second-order valence-corrected chi connectivity index (χ2v) is 18.6. The van der Waals surface area contributed by atoms with Gasteiger partial charge in [0.05, 0.1) is 0 Å². The molecule has 0 aromatic carbocycles. The molecule has 6 nitrogen and oxygen atoms in total. The summed E-state index contributed by atoms with van der Waals surface area (Å²) in [5.74, 6) is 0.00347. The van der Waals surface area contributed by atoms with Gasteiger partial charge >= 0.3 is 17.9 Å². The number of rotatable bonds is 48. The second kappa shape index (κ2) is 47.5. The van der Waals surface area contributed by atoms with E-state index in [0.29, 0.717) is 19.3 Å². The van der Waals surface area contributed by atoms with Gasteiger partial charge in [-0.2, -0.15) is 0 Å². The van der Waals surface area contributed by atoms with Gasteiger partial charge in [-0.05, 0) is 25.2 Å². The van der Waals surface area contributed by atoms with E-state index in [1.807, 2.05) is 0 Å². The fraction of sp³-hybridized carbons (Fsp3) is 0.943. The maximum atomic E-state index is 12.8. The topological polar surface area (TPSA) is 78.9 Å². The summed E-state index contributed by atoms with van der Waals surface area (Å²) in [6.45, 7) is 9.01. The standard InChI is InChI=1S/C53H102O6/c1-5-7-9-11-13-14-15-16-19-24-27-30-34-38-42-46-53(56)59-50(47-57-51(54)44-40-36-31-12-10-8-6-2)48-58-52(55)45-41-37-33-29-26-23-21-18-17-20-22-25-28-32-35-39-43-49(3)4/h49-50H,5-48H2,1-4H3/t50-/m0/s1. The Balaban J connectivity index is 4.16. The van der Waals surface area contributed by atoms with Crippen LogP contribution in [0.2, 0.25) is 0 Å². The van der Waals surface area contributed by atoms with Crippen LogP contribution in [-0.4, -0.2) is 37.2 Å². The molecule has 0 fully saturated rings. The van der Waals surface area contributed by atoms with Crippen LogP contribution >= 0.6 is 0 Å². The Bertz CT molecular complexity index is 887. The van der Waals surface area contributed by atoms with Crippen LogP contribution in [-0.2, 0) is 28.6 Å². The molecule has 0 amide bonds. The fourth-order valence-electron chi connectivity index (χ4n) is 8.04. The highest BCUT2D eigenvalue weighted by molar-refractivity contribution is 5.71. The molecule has 1 atom stereocenters. The largest absolute Gasteiger partial charge is 0.462 e. The molecule has 0 saturated carbocycles. The Kier molecular flexibility index (Phi) is 46.2. The lowest BCUT2D eigenvalue weighted by Gasteiger charge is -2.18. The Labute approximate surface area is 368 Å². The maximum absolute atomic E-state index is 12.8. The van der Waals surface area contributed by atoms with Crippen molar-refractivity contribution in [3.05, 3.63) is 0 Å². The number of carbonyl (C=O) groups excluding carboxylic acids is 3.